The first-order valence-electron chi connectivity index (χ1n) is 3.26. The molecule has 66 valence electrons. The van der Waals surface area contributed by atoms with Gasteiger partial charge in [-0.3, -0.25) is 0 Å². The largest absolute Gasteiger partial charge is 0.441 e. The van der Waals surface area contributed by atoms with Gasteiger partial charge < -0.3 is 15.8 Å². The topological polar surface area (TPSA) is 64.3 Å². The summed E-state index contributed by atoms with van der Waals surface area (Å²) in [5.41, 5.74) is 4.92. The van der Waals surface area contributed by atoms with Crippen LogP contribution < -0.4 is 11.1 Å². The highest BCUT2D eigenvalue weighted by molar-refractivity contribution is 5.85. The molecular weight excluding hydrogens is 168 g/mol. The molecule has 0 aromatic heterocycles. The highest BCUT2D eigenvalue weighted by Crippen LogP contribution is 2.19. The summed E-state index contributed by atoms with van der Waals surface area (Å²) >= 11 is 0. The Morgan fingerprint density at radius 1 is 1.73 bits per heavy atom. The Labute approximate surface area is 71.9 Å². The first-order valence-corrected chi connectivity index (χ1v) is 3.26. The number of hydrogen-bond donors (Lipinski definition) is 2. The van der Waals surface area contributed by atoms with Gasteiger partial charge >= 0.3 is 6.09 Å². The number of nitrogens with one attached hydrogen (secondary N) is 1. The Balaban J connectivity index is 0.000001000. The second-order valence-corrected chi connectivity index (χ2v) is 2.93. The predicted octanol–water partition coefficient (Wildman–Crippen LogP) is 0.254. The molecule has 1 amide bonds. The third-order valence-corrected chi connectivity index (χ3v) is 1.72. The number of amides is 1. The summed E-state index contributed by atoms with van der Waals surface area (Å²) in [7, 11) is 0. The highest BCUT2D eigenvalue weighted by Gasteiger charge is 2.39. The van der Waals surface area contributed by atoms with Crippen molar-refractivity contribution in [3.05, 3.63) is 0 Å². The van der Waals surface area contributed by atoms with Crippen LogP contribution >= 0.6 is 12.4 Å². The van der Waals surface area contributed by atoms with Crippen molar-refractivity contribution in [3.8, 4) is 0 Å². The van der Waals surface area contributed by atoms with E-state index < -0.39 is 5.60 Å². The van der Waals surface area contributed by atoms with E-state index in [0.29, 0.717) is 6.54 Å². The minimum atomic E-state index is -0.453. The van der Waals surface area contributed by atoms with E-state index in [4.69, 9.17) is 10.5 Å². The number of halogens is 1. The molecule has 11 heavy (non-hydrogen) atoms. The molecule has 0 bridgehead atoms. The van der Waals surface area contributed by atoms with Gasteiger partial charge in [-0.25, -0.2) is 4.79 Å². The van der Waals surface area contributed by atoms with Crippen LogP contribution in [0, 0.1) is 0 Å². The number of alkyl carbamates (subject to hydrolysis) is 1. The number of rotatable bonds is 1. The normalized spacial score (nSPS) is 26.8. The molecule has 1 saturated heterocycles. The molecule has 1 unspecified atom stereocenters. The van der Waals surface area contributed by atoms with Gasteiger partial charge in [-0.15, -0.1) is 12.4 Å². The molecule has 0 aromatic carbocycles. The zero-order valence-electron chi connectivity index (χ0n) is 6.59. The third kappa shape index (κ3) is 1.97. The average molecular weight is 181 g/mol. The van der Waals surface area contributed by atoms with Gasteiger partial charge in [0.15, 0.2) is 0 Å². The fourth-order valence-electron chi connectivity index (χ4n) is 0.998. The number of hydrogen-bond acceptors (Lipinski definition) is 3. The molecule has 4 nitrogen and oxygen atoms in total. The number of cyclic esters (lactones) is 1. The third-order valence-electron chi connectivity index (χ3n) is 1.72. The second-order valence-electron chi connectivity index (χ2n) is 2.93. The van der Waals surface area contributed by atoms with Gasteiger partial charge in [0.2, 0.25) is 0 Å². The van der Waals surface area contributed by atoms with E-state index in [1.54, 1.807) is 0 Å². The summed E-state index contributed by atoms with van der Waals surface area (Å²) in [6, 6.07) is -0.0556. The first kappa shape index (κ1) is 10.5. The standard InChI is InChI=1S/C6H12N2O2.ClH/c1-6(2)4(3-7)8-5(9)10-6;/h4H,3,7H2,1-2H3,(H,8,9);1H. The average Bonchev–Trinajstić information content (AvgIpc) is 2.04. The molecule has 0 aromatic rings. The summed E-state index contributed by atoms with van der Waals surface area (Å²) in [4.78, 5) is 10.6. The van der Waals surface area contributed by atoms with Crippen LogP contribution in [0.2, 0.25) is 0 Å². The molecule has 1 aliphatic rings. The van der Waals surface area contributed by atoms with Gasteiger partial charge in [-0.1, -0.05) is 0 Å². The van der Waals surface area contributed by atoms with Crippen LogP contribution in [0.3, 0.4) is 0 Å². The zero-order valence-corrected chi connectivity index (χ0v) is 7.40. The molecule has 1 atom stereocenters. The summed E-state index contributed by atoms with van der Waals surface area (Å²) < 4.78 is 4.92. The van der Waals surface area contributed by atoms with E-state index in [1.165, 1.54) is 0 Å². The molecule has 1 heterocycles. The zero-order chi connectivity index (χ0) is 7.78. The van der Waals surface area contributed by atoms with Crippen LogP contribution in [0.15, 0.2) is 0 Å². The second kappa shape index (κ2) is 3.28. The van der Waals surface area contributed by atoms with Crippen LogP contribution in [0.4, 0.5) is 4.79 Å². The van der Waals surface area contributed by atoms with Crippen LogP contribution in [-0.4, -0.2) is 24.3 Å². The van der Waals surface area contributed by atoms with E-state index in [-0.39, 0.29) is 24.5 Å². The maximum atomic E-state index is 10.6. The Bertz CT molecular complexity index is 161. The summed E-state index contributed by atoms with van der Waals surface area (Å²) in [5, 5.41) is 2.61. The van der Waals surface area contributed by atoms with Gasteiger partial charge in [-0.05, 0) is 13.8 Å². The SMILES string of the molecule is CC1(C)OC(=O)NC1CN.Cl. The lowest BCUT2D eigenvalue weighted by atomic mass is 10.0. The molecule has 1 aliphatic heterocycles. The molecule has 0 aliphatic carbocycles. The van der Waals surface area contributed by atoms with E-state index in [0.717, 1.165) is 0 Å². The van der Waals surface area contributed by atoms with Crippen molar-refractivity contribution in [2.75, 3.05) is 6.54 Å². The van der Waals surface area contributed by atoms with Crippen LogP contribution in [0.25, 0.3) is 0 Å². The molecule has 1 fully saturated rings. The van der Waals surface area contributed by atoms with Gasteiger partial charge in [0.1, 0.15) is 5.60 Å². The van der Waals surface area contributed by atoms with Gasteiger partial charge in [-0.2, -0.15) is 0 Å². The minimum absolute atomic E-state index is 0. The minimum Gasteiger partial charge on any atom is -0.441 e. The summed E-state index contributed by atoms with van der Waals surface area (Å²) in [6.45, 7) is 4.09. The molecular formula is C6H13ClN2O2. The first-order chi connectivity index (χ1) is 4.56. The molecule has 0 spiro atoms. The highest BCUT2D eigenvalue weighted by atomic mass is 35.5. The molecule has 1 rings (SSSR count). The number of carbonyl (C=O) groups excluding carboxylic acids is 1. The van der Waals surface area contributed by atoms with Crippen molar-refractivity contribution >= 4 is 18.5 Å². The summed E-state index contributed by atoms with van der Waals surface area (Å²) in [6.07, 6.45) is -0.375. The lowest BCUT2D eigenvalue weighted by Gasteiger charge is -2.21. The van der Waals surface area contributed by atoms with Crippen molar-refractivity contribution < 1.29 is 9.53 Å². The Hall–Kier alpha value is -0.480. The van der Waals surface area contributed by atoms with E-state index >= 15 is 0 Å². The number of carbonyl (C=O) groups is 1. The lowest BCUT2D eigenvalue weighted by molar-refractivity contribution is 0.0701. The van der Waals surface area contributed by atoms with Crippen LogP contribution in [0.1, 0.15) is 13.8 Å². The monoisotopic (exact) mass is 180 g/mol. The van der Waals surface area contributed by atoms with E-state index in [1.807, 2.05) is 13.8 Å². The van der Waals surface area contributed by atoms with Crippen molar-refractivity contribution in [2.24, 2.45) is 5.73 Å². The maximum Gasteiger partial charge on any atom is 0.408 e. The van der Waals surface area contributed by atoms with Gasteiger partial charge in [0.05, 0.1) is 6.04 Å². The quantitative estimate of drug-likeness (QED) is 0.608. The fraction of sp³-hybridized carbons (Fsp3) is 0.833. The van der Waals surface area contributed by atoms with Crippen LogP contribution in [-0.2, 0) is 4.74 Å². The van der Waals surface area contributed by atoms with E-state index in [2.05, 4.69) is 5.32 Å². The number of nitrogens with two attached hydrogens (primary N) is 1. The lowest BCUT2D eigenvalue weighted by Crippen LogP contribution is -2.44. The maximum absolute atomic E-state index is 10.6. The molecule has 3 N–H and O–H groups in total. The fourth-order valence-corrected chi connectivity index (χ4v) is 0.998. The predicted molar refractivity (Wildman–Crippen MR) is 43.8 cm³/mol. The smallest absolute Gasteiger partial charge is 0.408 e. The van der Waals surface area contributed by atoms with Crippen LogP contribution in [0.5, 0.6) is 0 Å². The van der Waals surface area contributed by atoms with Crippen molar-refractivity contribution in [1.82, 2.24) is 5.32 Å². The van der Waals surface area contributed by atoms with Crippen molar-refractivity contribution in [1.29, 1.82) is 0 Å². The summed E-state index contributed by atoms with van der Waals surface area (Å²) in [5.74, 6) is 0. The van der Waals surface area contributed by atoms with E-state index in [9.17, 15) is 4.79 Å². The Morgan fingerprint density at radius 2 is 2.27 bits per heavy atom. The molecule has 5 heteroatoms. The number of ether oxygens (including phenoxy) is 1. The molecule has 0 radical (unpaired) electrons. The van der Waals surface area contributed by atoms with Gasteiger partial charge in [0, 0.05) is 6.54 Å². The van der Waals surface area contributed by atoms with Gasteiger partial charge in [0.25, 0.3) is 0 Å². The van der Waals surface area contributed by atoms with Crippen molar-refractivity contribution in [2.45, 2.75) is 25.5 Å². The Kier molecular flexibility index (Phi) is 3.13. The Morgan fingerprint density at radius 3 is 2.45 bits per heavy atom. The van der Waals surface area contributed by atoms with Crippen molar-refractivity contribution in [3.63, 3.8) is 0 Å². The molecule has 0 saturated carbocycles.